The van der Waals surface area contributed by atoms with Gasteiger partial charge in [0.25, 0.3) is 0 Å². The van der Waals surface area contributed by atoms with Gasteiger partial charge in [0, 0.05) is 20.1 Å². The van der Waals surface area contributed by atoms with Crippen molar-refractivity contribution < 1.29 is 8.42 Å². The van der Waals surface area contributed by atoms with Crippen molar-refractivity contribution in [3.8, 4) is 0 Å². The maximum atomic E-state index is 12.7. The summed E-state index contributed by atoms with van der Waals surface area (Å²) in [5.41, 5.74) is 1.88. The Balaban J connectivity index is 2.26. The van der Waals surface area contributed by atoms with Crippen LogP contribution in [0.3, 0.4) is 0 Å². The first-order valence-electron chi connectivity index (χ1n) is 7.16. The number of nitrogens with zero attached hydrogens (tertiary/aromatic N) is 1. The third-order valence-electron chi connectivity index (χ3n) is 4.19. The van der Waals surface area contributed by atoms with E-state index in [2.05, 4.69) is 5.32 Å². The summed E-state index contributed by atoms with van der Waals surface area (Å²) in [6.07, 6.45) is 3.53. The Labute approximate surface area is 122 Å². The maximum Gasteiger partial charge on any atom is 0.243 e. The van der Waals surface area contributed by atoms with Crippen LogP contribution in [0.2, 0.25) is 0 Å². The van der Waals surface area contributed by atoms with Crippen molar-refractivity contribution in [2.24, 2.45) is 5.92 Å². The van der Waals surface area contributed by atoms with Crippen LogP contribution >= 0.6 is 0 Å². The Bertz CT molecular complexity index is 565. The number of hydrogen-bond donors (Lipinski definition) is 1. The van der Waals surface area contributed by atoms with Crippen molar-refractivity contribution in [1.82, 2.24) is 9.62 Å². The topological polar surface area (TPSA) is 49.4 Å². The van der Waals surface area contributed by atoms with E-state index in [1.165, 1.54) is 10.7 Å². The van der Waals surface area contributed by atoms with E-state index in [0.717, 1.165) is 24.0 Å². The molecule has 1 aliphatic rings. The van der Waals surface area contributed by atoms with Crippen LogP contribution in [0, 0.1) is 12.8 Å². The highest BCUT2D eigenvalue weighted by atomic mass is 32.2. The van der Waals surface area contributed by atoms with E-state index in [4.69, 9.17) is 0 Å². The molecule has 0 radical (unpaired) electrons. The molecule has 0 bridgehead atoms. The zero-order valence-corrected chi connectivity index (χ0v) is 13.3. The Morgan fingerprint density at radius 1 is 1.35 bits per heavy atom. The lowest BCUT2D eigenvalue weighted by molar-refractivity contribution is 0.263. The first-order chi connectivity index (χ1) is 9.46. The lowest BCUT2D eigenvalue weighted by Crippen LogP contribution is -2.34. The lowest BCUT2D eigenvalue weighted by atomic mass is 9.86. The molecule has 0 aliphatic heterocycles. The predicted molar refractivity (Wildman–Crippen MR) is 81.1 cm³/mol. The molecule has 0 spiro atoms. The fourth-order valence-corrected chi connectivity index (χ4v) is 4.14. The second kappa shape index (κ2) is 6.24. The highest BCUT2D eigenvalue weighted by molar-refractivity contribution is 7.89. The van der Waals surface area contributed by atoms with Gasteiger partial charge in [-0.1, -0.05) is 18.6 Å². The van der Waals surface area contributed by atoms with Crippen LogP contribution in [0.15, 0.2) is 23.1 Å². The van der Waals surface area contributed by atoms with Gasteiger partial charge in [-0.15, -0.1) is 0 Å². The van der Waals surface area contributed by atoms with Crippen LogP contribution in [-0.4, -0.2) is 33.4 Å². The molecule has 2 rings (SSSR count). The Hall–Kier alpha value is -0.910. The molecule has 0 saturated heterocycles. The minimum absolute atomic E-state index is 0.437. The van der Waals surface area contributed by atoms with Crippen LogP contribution in [-0.2, 0) is 16.6 Å². The number of sulfonamides is 1. The molecule has 1 aromatic carbocycles. The molecule has 0 aromatic heterocycles. The lowest BCUT2D eigenvalue weighted by Gasteiger charge is -2.30. The second-order valence-electron chi connectivity index (χ2n) is 5.65. The molecule has 0 atom stereocenters. The number of rotatable bonds is 6. The van der Waals surface area contributed by atoms with Crippen LogP contribution in [0.5, 0.6) is 0 Å². The molecular weight excluding hydrogens is 272 g/mol. The molecule has 1 aliphatic carbocycles. The van der Waals surface area contributed by atoms with Crippen molar-refractivity contribution >= 4 is 10.0 Å². The van der Waals surface area contributed by atoms with E-state index >= 15 is 0 Å². The average Bonchev–Trinajstić information content (AvgIpc) is 2.36. The molecule has 1 aromatic rings. The van der Waals surface area contributed by atoms with Gasteiger partial charge in [0.15, 0.2) is 0 Å². The fourth-order valence-electron chi connectivity index (χ4n) is 2.63. The summed E-state index contributed by atoms with van der Waals surface area (Å²) in [6, 6.07) is 5.50. The first kappa shape index (κ1) is 15.5. The van der Waals surface area contributed by atoms with E-state index in [1.54, 1.807) is 13.1 Å². The summed E-state index contributed by atoms with van der Waals surface area (Å²) in [5, 5.41) is 3.07. The van der Waals surface area contributed by atoms with Gasteiger partial charge < -0.3 is 5.32 Å². The van der Waals surface area contributed by atoms with Gasteiger partial charge in [0.1, 0.15) is 0 Å². The standard InChI is InChI=1S/C15H24N2O2S/c1-12-14(10-16-2)8-5-9-15(12)20(18,19)17(3)11-13-6-4-7-13/h5,8-9,13,16H,4,6-7,10-11H2,1-3H3. The van der Waals surface area contributed by atoms with Crippen LogP contribution in [0.1, 0.15) is 30.4 Å². The molecule has 1 saturated carbocycles. The number of hydrogen-bond acceptors (Lipinski definition) is 3. The highest BCUT2D eigenvalue weighted by Crippen LogP contribution is 2.29. The summed E-state index contributed by atoms with van der Waals surface area (Å²) in [5.74, 6) is 0.538. The van der Waals surface area contributed by atoms with Crippen LogP contribution in [0.4, 0.5) is 0 Å². The van der Waals surface area contributed by atoms with Gasteiger partial charge >= 0.3 is 0 Å². The van der Waals surface area contributed by atoms with Crippen LogP contribution in [0.25, 0.3) is 0 Å². The number of benzene rings is 1. The molecule has 5 heteroatoms. The van der Waals surface area contributed by atoms with Gasteiger partial charge in [0.05, 0.1) is 4.90 Å². The minimum atomic E-state index is -3.38. The van der Waals surface area contributed by atoms with Gasteiger partial charge in [-0.3, -0.25) is 0 Å². The van der Waals surface area contributed by atoms with Crippen molar-refractivity contribution in [2.45, 2.75) is 37.6 Å². The van der Waals surface area contributed by atoms with Gasteiger partial charge in [0.2, 0.25) is 10.0 Å². The summed E-state index contributed by atoms with van der Waals surface area (Å²) in [7, 11) is 0.181. The predicted octanol–water partition coefficient (Wildman–Crippen LogP) is 2.14. The zero-order valence-electron chi connectivity index (χ0n) is 12.5. The van der Waals surface area contributed by atoms with Gasteiger partial charge in [-0.25, -0.2) is 12.7 Å². The first-order valence-corrected chi connectivity index (χ1v) is 8.60. The third kappa shape index (κ3) is 3.05. The Morgan fingerprint density at radius 2 is 2.05 bits per heavy atom. The third-order valence-corrected chi connectivity index (χ3v) is 6.16. The van der Waals surface area contributed by atoms with Crippen molar-refractivity contribution in [3.63, 3.8) is 0 Å². The van der Waals surface area contributed by atoms with Gasteiger partial charge in [-0.05, 0) is 49.9 Å². The van der Waals surface area contributed by atoms with Crippen LogP contribution < -0.4 is 5.32 Å². The maximum absolute atomic E-state index is 12.7. The highest BCUT2D eigenvalue weighted by Gasteiger charge is 2.28. The Kier molecular flexibility index (Phi) is 4.83. The van der Waals surface area contributed by atoms with Crippen molar-refractivity contribution in [3.05, 3.63) is 29.3 Å². The largest absolute Gasteiger partial charge is 0.316 e. The average molecular weight is 296 g/mol. The monoisotopic (exact) mass is 296 g/mol. The molecular formula is C15H24N2O2S. The minimum Gasteiger partial charge on any atom is -0.316 e. The zero-order chi connectivity index (χ0) is 14.8. The van der Waals surface area contributed by atoms with Gasteiger partial charge in [-0.2, -0.15) is 0 Å². The molecule has 1 fully saturated rings. The fraction of sp³-hybridized carbons (Fsp3) is 0.600. The molecule has 0 amide bonds. The van der Waals surface area contributed by atoms with E-state index in [0.29, 0.717) is 23.9 Å². The molecule has 112 valence electrons. The van der Waals surface area contributed by atoms with E-state index in [-0.39, 0.29) is 0 Å². The van der Waals surface area contributed by atoms with Crippen molar-refractivity contribution in [1.29, 1.82) is 0 Å². The molecule has 0 heterocycles. The molecule has 20 heavy (non-hydrogen) atoms. The SMILES string of the molecule is CNCc1cccc(S(=O)(=O)N(C)CC2CCC2)c1C. The molecule has 4 nitrogen and oxygen atoms in total. The quantitative estimate of drug-likeness (QED) is 0.875. The van der Waals surface area contributed by atoms with E-state index in [1.807, 2.05) is 26.1 Å². The summed E-state index contributed by atoms with van der Waals surface area (Å²) in [4.78, 5) is 0.437. The van der Waals surface area contributed by atoms with Crippen molar-refractivity contribution in [2.75, 3.05) is 20.6 Å². The smallest absolute Gasteiger partial charge is 0.243 e. The van der Waals surface area contributed by atoms with E-state index in [9.17, 15) is 8.42 Å². The molecule has 1 N–H and O–H groups in total. The van der Waals surface area contributed by atoms with E-state index < -0.39 is 10.0 Å². The summed E-state index contributed by atoms with van der Waals surface area (Å²) < 4.78 is 26.9. The Morgan fingerprint density at radius 3 is 2.60 bits per heavy atom. The molecule has 0 unspecified atom stereocenters. The normalized spacial score (nSPS) is 16.4. The summed E-state index contributed by atoms with van der Waals surface area (Å²) in [6.45, 7) is 3.20. The number of nitrogens with one attached hydrogen (secondary N) is 1. The summed E-state index contributed by atoms with van der Waals surface area (Å²) >= 11 is 0. The second-order valence-corrected chi connectivity index (χ2v) is 7.67.